The van der Waals surface area contributed by atoms with Gasteiger partial charge in [0.1, 0.15) is 0 Å². The highest BCUT2D eigenvalue weighted by atomic mass is 32.2. The van der Waals surface area contributed by atoms with Crippen LogP contribution in [0.1, 0.15) is 16.3 Å². The molecule has 0 amide bonds. The SMILES string of the molecule is COc1cc(-c2nnc(SCc3csc(Cc4ccccc4)n3)o2)cc(OC)c1OC. The Kier molecular flexibility index (Phi) is 6.73. The third kappa shape index (κ3) is 5.00. The highest BCUT2D eigenvalue weighted by Gasteiger charge is 2.18. The van der Waals surface area contributed by atoms with E-state index in [2.05, 4.69) is 27.7 Å². The van der Waals surface area contributed by atoms with Gasteiger partial charge in [0.15, 0.2) is 11.5 Å². The molecule has 0 aliphatic carbocycles. The number of thioether (sulfide) groups is 1. The normalized spacial score (nSPS) is 10.8. The highest BCUT2D eigenvalue weighted by Crippen LogP contribution is 2.41. The molecular weight excluding hydrogens is 434 g/mol. The van der Waals surface area contributed by atoms with Crippen LogP contribution in [0.2, 0.25) is 0 Å². The first kappa shape index (κ1) is 21.2. The maximum atomic E-state index is 5.83. The van der Waals surface area contributed by atoms with Crippen LogP contribution in [0.25, 0.3) is 11.5 Å². The molecule has 160 valence electrons. The minimum Gasteiger partial charge on any atom is -0.493 e. The van der Waals surface area contributed by atoms with Gasteiger partial charge in [-0.2, -0.15) is 0 Å². The molecule has 0 fully saturated rings. The van der Waals surface area contributed by atoms with E-state index in [4.69, 9.17) is 23.6 Å². The Morgan fingerprint density at radius 3 is 2.39 bits per heavy atom. The van der Waals surface area contributed by atoms with Crippen LogP contribution in [0, 0.1) is 0 Å². The zero-order valence-electron chi connectivity index (χ0n) is 17.3. The smallest absolute Gasteiger partial charge is 0.277 e. The van der Waals surface area contributed by atoms with Gasteiger partial charge in [0, 0.05) is 23.1 Å². The third-order valence-corrected chi connectivity index (χ3v) is 6.21. The van der Waals surface area contributed by atoms with Gasteiger partial charge >= 0.3 is 0 Å². The number of ether oxygens (including phenoxy) is 3. The number of nitrogens with zero attached hydrogens (tertiary/aromatic N) is 3. The third-order valence-electron chi connectivity index (χ3n) is 4.46. The van der Waals surface area contributed by atoms with Crippen molar-refractivity contribution in [2.75, 3.05) is 21.3 Å². The lowest BCUT2D eigenvalue weighted by Gasteiger charge is -2.12. The lowest BCUT2D eigenvalue weighted by atomic mass is 10.2. The Hall–Kier alpha value is -3.04. The summed E-state index contributed by atoms with van der Waals surface area (Å²) >= 11 is 3.12. The molecule has 0 spiro atoms. The largest absolute Gasteiger partial charge is 0.493 e. The van der Waals surface area contributed by atoms with E-state index in [1.807, 2.05) is 18.2 Å². The zero-order valence-corrected chi connectivity index (χ0v) is 19.0. The van der Waals surface area contributed by atoms with E-state index in [9.17, 15) is 0 Å². The van der Waals surface area contributed by atoms with Crippen molar-refractivity contribution in [1.82, 2.24) is 15.2 Å². The van der Waals surface area contributed by atoms with E-state index in [1.165, 1.54) is 17.3 Å². The van der Waals surface area contributed by atoms with Crippen LogP contribution in [0.5, 0.6) is 17.2 Å². The van der Waals surface area contributed by atoms with Gasteiger partial charge in [-0.25, -0.2) is 4.98 Å². The summed E-state index contributed by atoms with van der Waals surface area (Å²) < 4.78 is 22.0. The molecule has 0 saturated carbocycles. The van der Waals surface area contributed by atoms with Crippen molar-refractivity contribution in [1.29, 1.82) is 0 Å². The van der Waals surface area contributed by atoms with Crippen molar-refractivity contribution >= 4 is 23.1 Å². The summed E-state index contributed by atoms with van der Waals surface area (Å²) in [5.74, 6) is 2.60. The minimum absolute atomic E-state index is 0.379. The molecule has 0 atom stereocenters. The lowest BCUT2D eigenvalue weighted by Crippen LogP contribution is -1.95. The van der Waals surface area contributed by atoms with Gasteiger partial charge in [-0.1, -0.05) is 42.1 Å². The summed E-state index contributed by atoms with van der Waals surface area (Å²) in [7, 11) is 4.69. The molecule has 0 unspecified atom stereocenters. The summed E-state index contributed by atoms with van der Waals surface area (Å²) in [4.78, 5) is 4.71. The molecule has 0 aliphatic heterocycles. The average molecular weight is 456 g/mol. The molecule has 4 rings (SSSR count). The van der Waals surface area contributed by atoms with E-state index in [0.29, 0.717) is 39.7 Å². The first-order valence-corrected chi connectivity index (χ1v) is 11.3. The summed E-state index contributed by atoms with van der Waals surface area (Å²) in [6.45, 7) is 0. The molecule has 7 nitrogen and oxygen atoms in total. The molecule has 2 aromatic carbocycles. The van der Waals surface area contributed by atoms with Gasteiger partial charge in [0.2, 0.25) is 11.6 Å². The highest BCUT2D eigenvalue weighted by molar-refractivity contribution is 7.98. The Morgan fingerprint density at radius 1 is 0.968 bits per heavy atom. The topological polar surface area (TPSA) is 79.5 Å². The van der Waals surface area contributed by atoms with Gasteiger partial charge in [0.05, 0.1) is 32.0 Å². The molecule has 0 N–H and O–H groups in total. The molecule has 4 aromatic rings. The van der Waals surface area contributed by atoms with Crippen LogP contribution >= 0.6 is 23.1 Å². The molecular formula is C22H21N3O4S2. The van der Waals surface area contributed by atoms with Gasteiger partial charge in [0.25, 0.3) is 5.22 Å². The standard InChI is InChI=1S/C22H21N3O4S2/c1-26-17-10-15(11-18(27-2)20(17)28-3)21-24-25-22(29-21)31-13-16-12-30-19(23-16)9-14-7-5-4-6-8-14/h4-8,10-12H,9,13H2,1-3H3. The molecule has 9 heteroatoms. The fourth-order valence-corrected chi connectivity index (χ4v) is 4.58. The average Bonchev–Trinajstić information content (AvgIpc) is 3.47. The molecule has 0 radical (unpaired) electrons. The second-order valence-corrected chi connectivity index (χ2v) is 8.34. The van der Waals surface area contributed by atoms with Crippen LogP contribution in [0.3, 0.4) is 0 Å². The van der Waals surface area contributed by atoms with Gasteiger partial charge < -0.3 is 18.6 Å². The van der Waals surface area contributed by atoms with Crippen molar-refractivity contribution in [3.63, 3.8) is 0 Å². The lowest BCUT2D eigenvalue weighted by molar-refractivity contribution is 0.324. The quantitative estimate of drug-likeness (QED) is 0.323. The summed E-state index contributed by atoms with van der Waals surface area (Å²) in [6, 6.07) is 13.9. The molecule has 31 heavy (non-hydrogen) atoms. The summed E-state index contributed by atoms with van der Waals surface area (Å²) in [5, 5.41) is 11.9. The molecule has 0 saturated heterocycles. The van der Waals surface area contributed by atoms with E-state index in [-0.39, 0.29) is 0 Å². The second-order valence-electron chi connectivity index (χ2n) is 6.47. The van der Waals surface area contributed by atoms with E-state index < -0.39 is 0 Å². The van der Waals surface area contributed by atoms with Gasteiger partial charge in [-0.05, 0) is 17.7 Å². The monoisotopic (exact) mass is 455 g/mol. The number of thiazole rings is 1. The Bertz CT molecular complexity index is 1120. The summed E-state index contributed by atoms with van der Waals surface area (Å²) in [6.07, 6.45) is 0.835. The van der Waals surface area contributed by atoms with Crippen molar-refractivity contribution < 1.29 is 18.6 Å². The van der Waals surface area contributed by atoms with Crippen molar-refractivity contribution in [2.45, 2.75) is 17.4 Å². The second kappa shape index (κ2) is 9.84. The fourth-order valence-electron chi connectivity index (χ4n) is 2.99. The van der Waals surface area contributed by atoms with Crippen LogP contribution in [-0.4, -0.2) is 36.5 Å². The molecule has 2 aromatic heterocycles. The maximum Gasteiger partial charge on any atom is 0.277 e. The minimum atomic E-state index is 0.379. The Labute approximate surface area is 188 Å². The number of aromatic nitrogens is 3. The first-order valence-electron chi connectivity index (χ1n) is 9.44. The Morgan fingerprint density at radius 2 is 1.71 bits per heavy atom. The molecule has 2 heterocycles. The van der Waals surface area contributed by atoms with Crippen LogP contribution in [0.4, 0.5) is 0 Å². The number of methoxy groups -OCH3 is 3. The predicted molar refractivity (Wildman–Crippen MR) is 120 cm³/mol. The molecule has 0 aliphatic rings. The van der Waals surface area contributed by atoms with Crippen molar-refractivity contribution in [3.8, 4) is 28.7 Å². The van der Waals surface area contributed by atoms with Crippen LogP contribution in [0.15, 0.2) is 57.5 Å². The number of benzene rings is 2. The van der Waals surface area contributed by atoms with Crippen molar-refractivity contribution in [2.24, 2.45) is 0 Å². The van der Waals surface area contributed by atoms with Crippen LogP contribution in [-0.2, 0) is 12.2 Å². The van der Waals surface area contributed by atoms with E-state index >= 15 is 0 Å². The van der Waals surface area contributed by atoms with E-state index in [0.717, 1.165) is 17.1 Å². The Balaban J connectivity index is 1.43. The number of hydrogen-bond donors (Lipinski definition) is 0. The predicted octanol–water partition coefficient (Wildman–Crippen LogP) is 5.10. The van der Waals surface area contributed by atoms with Crippen molar-refractivity contribution in [3.05, 3.63) is 64.1 Å². The fraction of sp³-hybridized carbons (Fsp3) is 0.227. The first-order chi connectivity index (χ1) is 15.2. The van der Waals surface area contributed by atoms with E-state index in [1.54, 1.807) is 44.8 Å². The zero-order chi connectivity index (χ0) is 21.6. The summed E-state index contributed by atoms with van der Waals surface area (Å²) in [5.41, 5.74) is 2.93. The maximum absolute atomic E-state index is 5.83. The van der Waals surface area contributed by atoms with Gasteiger partial charge in [-0.15, -0.1) is 21.5 Å². The van der Waals surface area contributed by atoms with Gasteiger partial charge in [-0.3, -0.25) is 0 Å². The molecule has 0 bridgehead atoms. The number of hydrogen-bond acceptors (Lipinski definition) is 9. The van der Waals surface area contributed by atoms with Crippen LogP contribution < -0.4 is 14.2 Å². The number of rotatable bonds is 9.